The summed E-state index contributed by atoms with van der Waals surface area (Å²) in [6.07, 6.45) is 6.05. The van der Waals surface area contributed by atoms with E-state index in [1.54, 1.807) is 0 Å². The van der Waals surface area contributed by atoms with Crippen LogP contribution >= 0.6 is 0 Å². The van der Waals surface area contributed by atoms with Crippen LogP contribution in [0.3, 0.4) is 0 Å². The maximum atomic E-state index is 5.94. The van der Waals surface area contributed by atoms with Gasteiger partial charge in [-0.25, -0.2) is 14.6 Å². The van der Waals surface area contributed by atoms with Crippen molar-refractivity contribution in [3.05, 3.63) is 23.9 Å². The summed E-state index contributed by atoms with van der Waals surface area (Å²) in [6, 6.07) is -0.0570. The van der Waals surface area contributed by atoms with Crippen molar-refractivity contribution in [2.24, 2.45) is 5.92 Å². The van der Waals surface area contributed by atoms with Crippen molar-refractivity contribution < 1.29 is 0 Å². The molecule has 8 nitrogen and oxygen atoms in total. The number of fused-ring (bicyclic) bond motifs is 1. The predicted octanol–water partition coefficient (Wildman–Crippen LogP) is 1.33. The highest BCUT2D eigenvalue weighted by Crippen LogP contribution is 2.30. The first-order valence-electron chi connectivity index (χ1n) is 7.49. The molecule has 0 radical (unpaired) electrons. The highest BCUT2D eigenvalue weighted by molar-refractivity contribution is 5.87. The van der Waals surface area contributed by atoms with Crippen molar-refractivity contribution in [3.63, 3.8) is 0 Å². The molecule has 1 fully saturated rings. The molecule has 3 heterocycles. The second-order valence-electron chi connectivity index (χ2n) is 5.97. The molecule has 3 aromatic heterocycles. The molecule has 1 atom stereocenters. The van der Waals surface area contributed by atoms with E-state index in [4.69, 9.17) is 5.73 Å². The Balaban J connectivity index is 1.71. The number of rotatable bonds is 4. The average Bonchev–Trinajstić information content (AvgIpc) is 3.06. The van der Waals surface area contributed by atoms with E-state index in [9.17, 15) is 0 Å². The Morgan fingerprint density at radius 2 is 2.18 bits per heavy atom. The summed E-state index contributed by atoms with van der Waals surface area (Å²) in [7, 11) is 0. The number of hydrogen-bond acceptors (Lipinski definition) is 6. The molecule has 0 amide bonds. The van der Waals surface area contributed by atoms with Crippen molar-refractivity contribution in [2.75, 3.05) is 5.73 Å². The summed E-state index contributed by atoms with van der Waals surface area (Å²) in [6.45, 7) is 4.90. The molecule has 22 heavy (non-hydrogen) atoms. The Labute approximate surface area is 127 Å². The van der Waals surface area contributed by atoms with Gasteiger partial charge in [0.1, 0.15) is 17.8 Å². The number of nitrogens with zero attached hydrogens (tertiary/aromatic N) is 7. The smallest absolute Gasteiger partial charge is 0.164 e. The Kier molecular flexibility index (Phi) is 2.85. The Morgan fingerprint density at radius 1 is 1.36 bits per heavy atom. The molecule has 1 saturated carbocycles. The number of aromatic nitrogens is 7. The molecule has 1 unspecified atom stereocenters. The van der Waals surface area contributed by atoms with Gasteiger partial charge in [-0.15, -0.1) is 5.10 Å². The van der Waals surface area contributed by atoms with Gasteiger partial charge in [0.25, 0.3) is 0 Å². The van der Waals surface area contributed by atoms with Gasteiger partial charge in [-0.05, 0) is 32.6 Å². The third-order valence-electron chi connectivity index (χ3n) is 4.19. The third kappa shape index (κ3) is 2.11. The van der Waals surface area contributed by atoms with E-state index in [0.717, 1.165) is 34.9 Å². The highest BCUT2D eigenvalue weighted by Gasteiger charge is 2.24. The van der Waals surface area contributed by atoms with Crippen molar-refractivity contribution in [1.82, 2.24) is 34.7 Å². The van der Waals surface area contributed by atoms with Crippen LogP contribution in [0.25, 0.3) is 11.0 Å². The maximum absolute atomic E-state index is 5.94. The molecular weight excluding hydrogens is 280 g/mol. The lowest BCUT2D eigenvalue weighted by Crippen LogP contribution is -2.10. The quantitative estimate of drug-likeness (QED) is 0.779. The van der Waals surface area contributed by atoms with Crippen LogP contribution in [0.1, 0.15) is 37.2 Å². The van der Waals surface area contributed by atoms with Crippen molar-refractivity contribution >= 4 is 16.9 Å². The number of nitrogens with two attached hydrogens (primary N) is 1. The predicted molar refractivity (Wildman–Crippen MR) is 81.0 cm³/mol. The summed E-state index contributed by atoms with van der Waals surface area (Å²) in [5.74, 6) is 1.23. The minimum atomic E-state index is -0.0570. The van der Waals surface area contributed by atoms with Crippen LogP contribution in [0.15, 0.2) is 12.5 Å². The zero-order valence-electron chi connectivity index (χ0n) is 12.6. The second-order valence-corrected chi connectivity index (χ2v) is 5.97. The largest absolute Gasteiger partial charge is 0.383 e. The minimum absolute atomic E-state index is 0.0570. The lowest BCUT2D eigenvalue weighted by Gasteiger charge is -2.09. The van der Waals surface area contributed by atoms with Crippen LogP contribution in [0.2, 0.25) is 0 Å². The highest BCUT2D eigenvalue weighted by atomic mass is 15.4. The topological polar surface area (TPSA) is 100 Å². The van der Waals surface area contributed by atoms with Crippen LogP contribution in [0.4, 0.5) is 5.82 Å². The normalized spacial score (nSPS) is 16.3. The molecule has 114 valence electrons. The van der Waals surface area contributed by atoms with Gasteiger partial charge in [-0.3, -0.25) is 4.68 Å². The van der Waals surface area contributed by atoms with Crippen LogP contribution in [0.5, 0.6) is 0 Å². The summed E-state index contributed by atoms with van der Waals surface area (Å²) < 4.78 is 3.76. The van der Waals surface area contributed by atoms with Gasteiger partial charge in [0.15, 0.2) is 5.65 Å². The average molecular weight is 298 g/mol. The fourth-order valence-corrected chi connectivity index (χ4v) is 2.72. The van der Waals surface area contributed by atoms with E-state index >= 15 is 0 Å². The van der Waals surface area contributed by atoms with Crippen LogP contribution in [-0.4, -0.2) is 34.7 Å². The van der Waals surface area contributed by atoms with Gasteiger partial charge in [-0.2, -0.15) is 5.10 Å². The first-order valence-corrected chi connectivity index (χ1v) is 7.49. The molecule has 0 saturated heterocycles. The second kappa shape index (κ2) is 4.75. The fraction of sp³-hybridized carbons (Fsp3) is 0.500. The van der Waals surface area contributed by atoms with Crippen LogP contribution in [0, 0.1) is 12.8 Å². The van der Waals surface area contributed by atoms with E-state index in [-0.39, 0.29) is 6.04 Å². The Hall–Kier alpha value is -2.51. The van der Waals surface area contributed by atoms with Crippen molar-refractivity contribution in [1.29, 1.82) is 0 Å². The molecule has 3 aromatic rings. The van der Waals surface area contributed by atoms with E-state index in [1.165, 1.54) is 19.2 Å². The number of hydrogen-bond donors (Lipinski definition) is 1. The van der Waals surface area contributed by atoms with E-state index in [1.807, 2.05) is 29.4 Å². The first-order chi connectivity index (χ1) is 10.6. The Morgan fingerprint density at radius 3 is 2.95 bits per heavy atom. The lowest BCUT2D eigenvalue weighted by atomic mass is 10.2. The van der Waals surface area contributed by atoms with Gasteiger partial charge in [0.2, 0.25) is 0 Å². The van der Waals surface area contributed by atoms with Crippen molar-refractivity contribution in [2.45, 2.75) is 39.3 Å². The zero-order valence-corrected chi connectivity index (χ0v) is 12.6. The Bertz CT molecular complexity index is 829. The van der Waals surface area contributed by atoms with Gasteiger partial charge >= 0.3 is 0 Å². The molecule has 1 aliphatic rings. The summed E-state index contributed by atoms with van der Waals surface area (Å²) in [5, 5.41) is 13.9. The number of aryl methyl sites for hydroxylation is 1. The molecule has 0 aliphatic heterocycles. The van der Waals surface area contributed by atoms with E-state index in [0.29, 0.717) is 5.82 Å². The monoisotopic (exact) mass is 298 g/mol. The van der Waals surface area contributed by atoms with Gasteiger partial charge in [0, 0.05) is 6.54 Å². The molecule has 2 N–H and O–H groups in total. The van der Waals surface area contributed by atoms with Crippen molar-refractivity contribution in [3.8, 4) is 0 Å². The summed E-state index contributed by atoms with van der Waals surface area (Å²) >= 11 is 0. The standard InChI is InChI=1S/C14H18N8/c1-8-12-13(15)16-7-17-14(12)22(19-8)9(2)11-6-21(20-18-11)5-10-3-4-10/h6-7,9-10H,3-5H2,1-2H3,(H2,15,16,17). The molecule has 1 aliphatic carbocycles. The zero-order chi connectivity index (χ0) is 15.3. The minimum Gasteiger partial charge on any atom is -0.383 e. The molecule has 0 bridgehead atoms. The maximum Gasteiger partial charge on any atom is 0.164 e. The van der Waals surface area contributed by atoms with E-state index in [2.05, 4.69) is 25.4 Å². The van der Waals surface area contributed by atoms with Gasteiger partial charge < -0.3 is 5.73 Å². The summed E-state index contributed by atoms with van der Waals surface area (Å²) in [5.41, 5.74) is 8.37. The SMILES string of the molecule is Cc1nn(C(C)c2cn(CC3CC3)nn2)c2ncnc(N)c12. The van der Waals surface area contributed by atoms with Gasteiger partial charge in [-0.1, -0.05) is 5.21 Å². The fourth-order valence-electron chi connectivity index (χ4n) is 2.72. The third-order valence-corrected chi connectivity index (χ3v) is 4.19. The molecule has 8 heteroatoms. The number of anilines is 1. The molecule has 0 spiro atoms. The van der Waals surface area contributed by atoms with Gasteiger partial charge in [0.05, 0.1) is 23.3 Å². The summed E-state index contributed by atoms with van der Waals surface area (Å²) in [4.78, 5) is 8.37. The van der Waals surface area contributed by atoms with Crippen LogP contribution in [-0.2, 0) is 6.54 Å². The molecule has 0 aromatic carbocycles. The first kappa shape index (κ1) is 13.2. The van der Waals surface area contributed by atoms with Crippen LogP contribution < -0.4 is 5.73 Å². The van der Waals surface area contributed by atoms with E-state index < -0.39 is 0 Å². The molecular formula is C14H18N8. The number of nitrogen functional groups attached to an aromatic ring is 1. The lowest BCUT2D eigenvalue weighted by molar-refractivity contribution is 0.543. The molecule has 4 rings (SSSR count).